The van der Waals surface area contributed by atoms with E-state index in [1.54, 1.807) is 25.3 Å². The Morgan fingerprint density at radius 2 is 1.86 bits per heavy atom. The topological polar surface area (TPSA) is 95.4 Å². The number of rotatable bonds is 4. The number of nitrogens with one attached hydrogen (secondary N) is 2. The molecule has 2 N–H and O–H groups in total. The molecule has 0 spiro atoms. The molecule has 5 rings (SSSR count). The smallest absolute Gasteiger partial charge is 0.325 e. The number of H-pyrrole nitrogens is 1. The average Bonchev–Trinajstić information content (AvgIpc) is 3.40. The number of hydrogen-bond acceptors (Lipinski definition) is 4. The molecule has 0 unspecified atom stereocenters. The molecule has 0 aliphatic carbocycles. The van der Waals surface area contributed by atoms with Crippen molar-refractivity contribution in [3.8, 4) is 0 Å². The van der Waals surface area contributed by atoms with Gasteiger partial charge in [0.05, 0.1) is 6.54 Å². The minimum atomic E-state index is -1.36. The monoisotopic (exact) mass is 387 g/mol. The molecule has 1 atom stereocenters. The molecule has 0 bridgehead atoms. The highest BCUT2D eigenvalue weighted by atomic mass is 16.3. The molecule has 1 saturated heterocycles. The molecular formula is C22H17N3O4. The van der Waals surface area contributed by atoms with E-state index in [1.807, 2.05) is 42.5 Å². The largest absolute Gasteiger partial charge is 0.458 e. The van der Waals surface area contributed by atoms with Crippen LogP contribution in [0.25, 0.3) is 21.9 Å². The molecule has 0 saturated carbocycles. The fourth-order valence-electron chi connectivity index (χ4n) is 3.77. The molecule has 1 fully saturated rings. The Morgan fingerprint density at radius 1 is 1.10 bits per heavy atom. The first-order valence-electron chi connectivity index (χ1n) is 9.20. The fourth-order valence-corrected chi connectivity index (χ4v) is 3.77. The summed E-state index contributed by atoms with van der Waals surface area (Å²) in [5, 5.41) is 4.27. The van der Waals surface area contributed by atoms with Crippen molar-refractivity contribution in [2.45, 2.75) is 12.5 Å². The Labute approximate surface area is 165 Å². The van der Waals surface area contributed by atoms with E-state index in [2.05, 4.69) is 10.3 Å². The van der Waals surface area contributed by atoms with Gasteiger partial charge in [0.2, 0.25) is 0 Å². The molecule has 2 aromatic heterocycles. The SMILES string of the molecule is C[C@]1(c2cc3ccccc3o2)NC(=O)N(CC(=O)c2c[nH]c3ccccc23)C1=O. The second kappa shape index (κ2) is 6.07. The van der Waals surface area contributed by atoms with E-state index in [1.165, 1.54) is 0 Å². The van der Waals surface area contributed by atoms with Crippen LogP contribution in [0.3, 0.4) is 0 Å². The molecule has 7 nitrogen and oxygen atoms in total. The van der Waals surface area contributed by atoms with Crippen molar-refractivity contribution < 1.29 is 18.8 Å². The fraction of sp³-hybridized carbons (Fsp3) is 0.136. The van der Waals surface area contributed by atoms with Crippen LogP contribution >= 0.6 is 0 Å². The lowest BCUT2D eigenvalue weighted by Gasteiger charge is -2.18. The van der Waals surface area contributed by atoms with Crippen LogP contribution in [0.15, 0.2) is 65.2 Å². The minimum absolute atomic E-state index is 0.320. The second-order valence-corrected chi connectivity index (χ2v) is 7.27. The number of urea groups is 1. The molecule has 7 heteroatoms. The summed E-state index contributed by atoms with van der Waals surface area (Å²) in [6.07, 6.45) is 1.60. The lowest BCUT2D eigenvalue weighted by atomic mass is 9.98. The van der Waals surface area contributed by atoms with Crippen molar-refractivity contribution in [2.75, 3.05) is 6.54 Å². The molecule has 1 aliphatic rings. The van der Waals surface area contributed by atoms with E-state index in [4.69, 9.17) is 4.42 Å². The van der Waals surface area contributed by atoms with Crippen molar-refractivity contribution in [3.05, 3.63) is 72.1 Å². The molecule has 3 heterocycles. The third-order valence-corrected chi connectivity index (χ3v) is 5.38. The van der Waals surface area contributed by atoms with Crippen molar-refractivity contribution >= 4 is 39.6 Å². The number of carbonyl (C=O) groups is 3. The summed E-state index contributed by atoms with van der Waals surface area (Å²) >= 11 is 0. The summed E-state index contributed by atoms with van der Waals surface area (Å²) in [5.74, 6) is -0.506. The number of amides is 3. The number of aromatic amines is 1. The number of carbonyl (C=O) groups excluding carboxylic acids is 3. The van der Waals surface area contributed by atoms with E-state index in [9.17, 15) is 14.4 Å². The van der Waals surface area contributed by atoms with Crippen molar-refractivity contribution in [1.82, 2.24) is 15.2 Å². The number of hydrogen-bond donors (Lipinski definition) is 2. The van der Waals surface area contributed by atoms with Crippen LogP contribution in [0.4, 0.5) is 4.79 Å². The average molecular weight is 387 g/mol. The summed E-state index contributed by atoms with van der Waals surface area (Å²) < 4.78 is 5.80. The maximum atomic E-state index is 13.1. The third kappa shape index (κ3) is 2.55. The highest BCUT2D eigenvalue weighted by Gasteiger charge is 2.51. The third-order valence-electron chi connectivity index (χ3n) is 5.38. The van der Waals surface area contributed by atoms with Gasteiger partial charge in [-0.15, -0.1) is 0 Å². The van der Waals surface area contributed by atoms with Crippen LogP contribution in [0, 0.1) is 0 Å². The molecule has 3 amide bonds. The van der Waals surface area contributed by atoms with Gasteiger partial charge in [0, 0.05) is 28.0 Å². The zero-order chi connectivity index (χ0) is 20.2. The number of fused-ring (bicyclic) bond motifs is 2. The van der Waals surface area contributed by atoms with Gasteiger partial charge in [-0.3, -0.25) is 14.5 Å². The molecular weight excluding hydrogens is 370 g/mol. The van der Waals surface area contributed by atoms with Crippen LogP contribution in [0.5, 0.6) is 0 Å². The van der Waals surface area contributed by atoms with Crippen molar-refractivity contribution in [2.24, 2.45) is 0 Å². The van der Waals surface area contributed by atoms with Crippen LogP contribution in [-0.2, 0) is 10.3 Å². The predicted octanol–water partition coefficient (Wildman–Crippen LogP) is 3.56. The van der Waals surface area contributed by atoms with Gasteiger partial charge in [-0.1, -0.05) is 36.4 Å². The summed E-state index contributed by atoms with van der Waals surface area (Å²) in [7, 11) is 0. The Bertz CT molecular complexity index is 1270. The van der Waals surface area contributed by atoms with Gasteiger partial charge in [0.1, 0.15) is 11.3 Å². The summed E-state index contributed by atoms with van der Waals surface area (Å²) in [4.78, 5) is 42.5. The van der Waals surface area contributed by atoms with E-state index < -0.39 is 17.5 Å². The van der Waals surface area contributed by atoms with Gasteiger partial charge >= 0.3 is 6.03 Å². The minimum Gasteiger partial charge on any atom is -0.458 e. The Kier molecular flexibility index (Phi) is 3.61. The molecule has 1 aliphatic heterocycles. The lowest BCUT2D eigenvalue weighted by Crippen LogP contribution is -2.41. The first kappa shape index (κ1) is 17.2. The number of aromatic nitrogens is 1. The number of benzene rings is 2. The van der Waals surface area contributed by atoms with Crippen molar-refractivity contribution in [1.29, 1.82) is 0 Å². The molecule has 0 radical (unpaired) electrons. The summed E-state index contributed by atoms with van der Waals surface area (Å²) in [5.41, 5.74) is 0.522. The number of ketones is 1. The maximum Gasteiger partial charge on any atom is 0.325 e. The highest BCUT2D eigenvalue weighted by molar-refractivity contribution is 6.14. The van der Waals surface area contributed by atoms with Crippen LogP contribution in [0.1, 0.15) is 23.0 Å². The Hall–Kier alpha value is -3.87. The van der Waals surface area contributed by atoms with E-state index in [0.29, 0.717) is 16.9 Å². The van der Waals surface area contributed by atoms with E-state index >= 15 is 0 Å². The molecule has 2 aromatic carbocycles. The van der Waals surface area contributed by atoms with Crippen LogP contribution in [0.2, 0.25) is 0 Å². The van der Waals surface area contributed by atoms with Crippen LogP contribution < -0.4 is 5.32 Å². The number of imide groups is 1. The number of para-hydroxylation sites is 2. The molecule has 144 valence electrons. The summed E-state index contributed by atoms with van der Waals surface area (Å²) in [6, 6.07) is 15.9. The van der Waals surface area contributed by atoms with Gasteiger partial charge in [-0.2, -0.15) is 0 Å². The number of nitrogens with zero attached hydrogens (tertiary/aromatic N) is 1. The number of Topliss-reactive ketones (excluding diaryl/α,β-unsaturated/α-hetero) is 1. The van der Waals surface area contributed by atoms with Gasteiger partial charge in [0.25, 0.3) is 5.91 Å². The lowest BCUT2D eigenvalue weighted by molar-refractivity contribution is -0.131. The molecule has 4 aromatic rings. The van der Waals surface area contributed by atoms with Gasteiger partial charge in [-0.05, 0) is 25.1 Å². The zero-order valence-corrected chi connectivity index (χ0v) is 15.6. The highest BCUT2D eigenvalue weighted by Crippen LogP contribution is 2.33. The Balaban J connectivity index is 1.45. The summed E-state index contributed by atoms with van der Waals surface area (Å²) in [6.45, 7) is 1.24. The molecule has 29 heavy (non-hydrogen) atoms. The van der Waals surface area contributed by atoms with Crippen molar-refractivity contribution in [3.63, 3.8) is 0 Å². The first-order valence-corrected chi connectivity index (χ1v) is 9.20. The van der Waals surface area contributed by atoms with Crippen LogP contribution in [-0.4, -0.2) is 34.2 Å². The van der Waals surface area contributed by atoms with Gasteiger partial charge in [0.15, 0.2) is 11.3 Å². The van der Waals surface area contributed by atoms with Gasteiger partial charge in [-0.25, -0.2) is 4.79 Å². The maximum absolute atomic E-state index is 13.1. The quantitative estimate of drug-likeness (QED) is 0.413. The predicted molar refractivity (Wildman–Crippen MR) is 106 cm³/mol. The first-order chi connectivity index (χ1) is 14.0. The zero-order valence-electron chi connectivity index (χ0n) is 15.6. The normalized spacial score (nSPS) is 19.3. The standard InChI is InChI=1S/C22H17N3O4/c1-22(19-10-13-6-2-5-9-18(13)29-19)20(27)25(21(28)24-22)12-17(26)15-11-23-16-8-4-3-7-14(15)16/h2-11,23H,12H2,1H3,(H,24,28)/t22-/m1/s1. The second-order valence-electron chi connectivity index (χ2n) is 7.27. The Morgan fingerprint density at radius 3 is 2.69 bits per heavy atom. The van der Waals surface area contributed by atoms with Gasteiger partial charge < -0.3 is 14.7 Å². The van der Waals surface area contributed by atoms with E-state index in [0.717, 1.165) is 21.2 Å². The number of furan rings is 1. The van der Waals surface area contributed by atoms with E-state index in [-0.39, 0.29) is 12.3 Å².